The molecule has 0 bridgehead atoms. The molecule has 0 saturated carbocycles. The van der Waals surface area contributed by atoms with Crippen LogP contribution in [0.25, 0.3) is 0 Å². The van der Waals surface area contributed by atoms with Crippen LogP contribution in [0.15, 0.2) is 18.3 Å². The van der Waals surface area contributed by atoms with Crippen LogP contribution in [0.1, 0.15) is 32.4 Å². The van der Waals surface area contributed by atoms with Gasteiger partial charge in [0.1, 0.15) is 5.82 Å². The lowest BCUT2D eigenvalue weighted by atomic mass is 9.85. The van der Waals surface area contributed by atoms with Gasteiger partial charge in [0, 0.05) is 6.20 Å². The molecular formula is C12H21N2OSi. The lowest BCUT2D eigenvalue weighted by molar-refractivity contribution is 0.0863. The highest BCUT2D eigenvalue weighted by atomic mass is 28.3. The number of aromatic nitrogens is 1. The molecule has 1 rings (SSSR count). The highest BCUT2D eigenvalue weighted by molar-refractivity contribution is 6.48. The van der Waals surface area contributed by atoms with Gasteiger partial charge in [0.15, 0.2) is 0 Å². The Morgan fingerprint density at radius 1 is 1.31 bits per heavy atom. The molecule has 1 aromatic rings. The summed E-state index contributed by atoms with van der Waals surface area (Å²) >= 11 is 0. The van der Waals surface area contributed by atoms with E-state index in [4.69, 9.17) is 10.2 Å². The fourth-order valence-corrected chi connectivity index (χ4v) is 2.51. The van der Waals surface area contributed by atoms with Crippen molar-refractivity contribution in [3.05, 3.63) is 23.9 Å². The molecule has 2 N–H and O–H groups in total. The van der Waals surface area contributed by atoms with Crippen molar-refractivity contribution in [2.45, 2.75) is 40.0 Å². The molecule has 1 aromatic heterocycles. The molecule has 1 unspecified atom stereocenters. The first-order chi connectivity index (χ1) is 7.30. The Bertz CT molecular complexity index is 330. The third kappa shape index (κ3) is 3.61. The van der Waals surface area contributed by atoms with Crippen LogP contribution in [0.5, 0.6) is 0 Å². The van der Waals surface area contributed by atoms with Gasteiger partial charge in [-0.1, -0.05) is 26.8 Å². The Labute approximate surface area is 99.8 Å². The zero-order valence-corrected chi connectivity index (χ0v) is 11.7. The average Bonchev–Trinajstić information content (AvgIpc) is 2.14. The molecule has 0 aliphatic rings. The number of rotatable bonds is 3. The molecule has 89 valence electrons. The quantitative estimate of drug-likeness (QED) is 0.822. The molecule has 0 amide bonds. The normalized spacial score (nSPS) is 14.1. The van der Waals surface area contributed by atoms with Crippen molar-refractivity contribution < 1.29 is 4.43 Å². The Hall–Kier alpha value is -0.873. The van der Waals surface area contributed by atoms with Crippen molar-refractivity contribution in [2.24, 2.45) is 5.41 Å². The van der Waals surface area contributed by atoms with Gasteiger partial charge in [-0.3, -0.25) is 0 Å². The van der Waals surface area contributed by atoms with E-state index in [-0.39, 0.29) is 11.5 Å². The van der Waals surface area contributed by atoms with E-state index in [0.29, 0.717) is 5.82 Å². The minimum Gasteiger partial charge on any atom is -0.410 e. The molecular weight excluding hydrogens is 216 g/mol. The third-order valence-corrected chi connectivity index (χ3v) is 2.96. The van der Waals surface area contributed by atoms with Crippen molar-refractivity contribution in [3.8, 4) is 0 Å². The maximum absolute atomic E-state index is 6.06. The number of hydrogen-bond donors (Lipinski definition) is 1. The van der Waals surface area contributed by atoms with E-state index in [1.807, 2.05) is 18.3 Å². The number of pyridine rings is 1. The first-order valence-electron chi connectivity index (χ1n) is 5.49. The lowest BCUT2D eigenvalue weighted by Gasteiger charge is -2.32. The van der Waals surface area contributed by atoms with Crippen LogP contribution >= 0.6 is 0 Å². The van der Waals surface area contributed by atoms with Crippen LogP contribution in [0.3, 0.4) is 0 Å². The summed E-state index contributed by atoms with van der Waals surface area (Å²) < 4.78 is 6.06. The smallest absolute Gasteiger partial charge is 0.205 e. The summed E-state index contributed by atoms with van der Waals surface area (Å²) in [7, 11) is -0.732. The molecule has 0 aliphatic heterocycles. The summed E-state index contributed by atoms with van der Waals surface area (Å²) in [6, 6.07) is 3.83. The van der Waals surface area contributed by atoms with Crippen molar-refractivity contribution in [1.29, 1.82) is 0 Å². The number of anilines is 1. The number of nitrogens with zero attached hydrogens (tertiary/aromatic N) is 1. The topological polar surface area (TPSA) is 48.1 Å². The zero-order chi connectivity index (χ0) is 12.3. The maximum Gasteiger partial charge on any atom is 0.205 e. The van der Waals surface area contributed by atoms with Gasteiger partial charge in [-0.05, 0) is 30.1 Å². The summed E-state index contributed by atoms with van der Waals surface area (Å²) in [5.41, 5.74) is 6.77. The Morgan fingerprint density at radius 3 is 2.31 bits per heavy atom. The fourth-order valence-electron chi connectivity index (χ4n) is 1.55. The third-order valence-electron chi connectivity index (χ3n) is 2.25. The minimum absolute atomic E-state index is 0.0692. The molecule has 3 nitrogen and oxygen atoms in total. The Kier molecular flexibility index (Phi) is 4.10. The lowest BCUT2D eigenvalue weighted by Crippen LogP contribution is -2.26. The van der Waals surface area contributed by atoms with Gasteiger partial charge in [-0.25, -0.2) is 4.98 Å². The minimum atomic E-state index is -0.732. The molecule has 0 aromatic carbocycles. The number of nitrogens with two attached hydrogens (primary N) is 1. The van der Waals surface area contributed by atoms with E-state index >= 15 is 0 Å². The van der Waals surface area contributed by atoms with Gasteiger partial charge >= 0.3 is 0 Å². The van der Waals surface area contributed by atoms with E-state index in [2.05, 4.69) is 38.8 Å². The van der Waals surface area contributed by atoms with Crippen LogP contribution in [0.2, 0.25) is 13.1 Å². The van der Waals surface area contributed by atoms with Gasteiger partial charge in [0.2, 0.25) is 9.04 Å². The summed E-state index contributed by atoms with van der Waals surface area (Å²) in [5.74, 6) is 0.551. The van der Waals surface area contributed by atoms with E-state index < -0.39 is 9.04 Å². The summed E-state index contributed by atoms with van der Waals surface area (Å²) in [5, 5.41) is 0. The van der Waals surface area contributed by atoms with Crippen LogP contribution in [-0.2, 0) is 4.43 Å². The van der Waals surface area contributed by atoms with Gasteiger partial charge in [0.25, 0.3) is 0 Å². The molecule has 1 atom stereocenters. The first-order valence-corrected chi connectivity index (χ1v) is 7.90. The van der Waals surface area contributed by atoms with E-state index in [9.17, 15) is 0 Å². The summed E-state index contributed by atoms with van der Waals surface area (Å²) in [6.45, 7) is 10.8. The molecule has 0 saturated heterocycles. The monoisotopic (exact) mass is 237 g/mol. The van der Waals surface area contributed by atoms with Crippen molar-refractivity contribution in [2.75, 3.05) is 5.73 Å². The van der Waals surface area contributed by atoms with Crippen molar-refractivity contribution >= 4 is 14.9 Å². The predicted octanol–water partition coefficient (Wildman–Crippen LogP) is 3.02. The van der Waals surface area contributed by atoms with Gasteiger partial charge in [-0.15, -0.1) is 0 Å². The second-order valence-electron chi connectivity index (χ2n) is 5.29. The fraction of sp³-hybridized carbons (Fsp3) is 0.583. The van der Waals surface area contributed by atoms with Crippen LogP contribution in [0, 0.1) is 5.41 Å². The molecule has 0 aliphatic carbocycles. The Balaban J connectivity index is 2.97. The highest BCUT2D eigenvalue weighted by Gasteiger charge is 2.28. The first kappa shape index (κ1) is 13.2. The standard InChI is InChI=1S/C12H21N2OSi/c1-12(2,3)11(15-16(4)5)9-6-7-10(13)14-8-9/h6-8,11H,1-5H3,(H2,13,14). The van der Waals surface area contributed by atoms with Crippen LogP contribution < -0.4 is 5.73 Å². The maximum atomic E-state index is 6.06. The van der Waals surface area contributed by atoms with E-state index in [0.717, 1.165) is 5.56 Å². The Morgan fingerprint density at radius 2 is 1.94 bits per heavy atom. The largest absolute Gasteiger partial charge is 0.410 e. The van der Waals surface area contributed by atoms with E-state index in [1.54, 1.807) is 0 Å². The zero-order valence-electron chi connectivity index (χ0n) is 10.7. The molecule has 1 heterocycles. The van der Waals surface area contributed by atoms with E-state index in [1.165, 1.54) is 0 Å². The van der Waals surface area contributed by atoms with Gasteiger partial charge in [-0.2, -0.15) is 0 Å². The van der Waals surface area contributed by atoms with Gasteiger partial charge in [0.05, 0.1) is 6.10 Å². The molecule has 4 heteroatoms. The average molecular weight is 237 g/mol. The molecule has 0 fully saturated rings. The number of nitrogen functional groups attached to an aromatic ring is 1. The highest BCUT2D eigenvalue weighted by Crippen LogP contribution is 2.36. The summed E-state index contributed by atoms with van der Waals surface area (Å²) in [4.78, 5) is 4.13. The second kappa shape index (κ2) is 4.97. The second-order valence-corrected chi connectivity index (χ2v) is 7.34. The van der Waals surface area contributed by atoms with Gasteiger partial charge < -0.3 is 10.2 Å². The van der Waals surface area contributed by atoms with Crippen LogP contribution in [0.4, 0.5) is 5.82 Å². The molecule has 1 radical (unpaired) electrons. The molecule has 16 heavy (non-hydrogen) atoms. The number of hydrogen-bond acceptors (Lipinski definition) is 3. The molecule has 0 spiro atoms. The van der Waals surface area contributed by atoms with Crippen molar-refractivity contribution in [3.63, 3.8) is 0 Å². The summed E-state index contributed by atoms with van der Waals surface area (Å²) in [6.07, 6.45) is 1.90. The predicted molar refractivity (Wildman–Crippen MR) is 69.4 cm³/mol. The SMILES string of the molecule is C[Si](C)OC(c1ccc(N)nc1)C(C)(C)C. The van der Waals surface area contributed by atoms with Crippen LogP contribution in [-0.4, -0.2) is 14.0 Å². The van der Waals surface area contributed by atoms with Crippen molar-refractivity contribution in [1.82, 2.24) is 4.98 Å².